The number of benzene rings is 8. The molecule has 0 atom stereocenters. The Kier molecular flexibility index (Phi) is 11.7. The summed E-state index contributed by atoms with van der Waals surface area (Å²) in [6.07, 6.45) is 1.91. The van der Waals surface area contributed by atoms with Gasteiger partial charge in [-0.2, -0.15) is 0 Å². The quantitative estimate of drug-likeness (QED) is 0.114. The van der Waals surface area contributed by atoms with Gasteiger partial charge in [-0.05, 0) is 130 Å². The van der Waals surface area contributed by atoms with Gasteiger partial charge in [0.25, 0.3) is 0 Å². The average Bonchev–Trinajstić information content (AvgIpc) is 3.84. The van der Waals surface area contributed by atoms with Crippen molar-refractivity contribution in [3.8, 4) is 11.1 Å². The molecule has 0 unspecified atom stereocenters. The molecule has 324 valence electrons. The molecule has 66 heavy (non-hydrogen) atoms. The molecular formula is C61H56BN3O. The van der Waals surface area contributed by atoms with Crippen molar-refractivity contribution in [2.75, 3.05) is 14.7 Å². The Balaban J connectivity index is 1.23. The predicted octanol–water partition coefficient (Wildman–Crippen LogP) is 15.6. The minimum atomic E-state index is -0.0254. The molecule has 1 aliphatic heterocycles. The van der Waals surface area contributed by atoms with Gasteiger partial charge in [0, 0.05) is 57.1 Å². The average molecular weight is 858 g/mol. The van der Waals surface area contributed by atoms with Gasteiger partial charge >= 0.3 is 0 Å². The fraction of sp³-hybridized carbons (Fsp3) is 0.148. The van der Waals surface area contributed by atoms with E-state index in [0.29, 0.717) is 17.8 Å². The van der Waals surface area contributed by atoms with Crippen LogP contribution in [-0.2, 0) is 0 Å². The lowest BCUT2D eigenvalue weighted by Crippen LogP contribution is -2.59. The van der Waals surface area contributed by atoms with Crippen LogP contribution < -0.4 is 31.1 Å². The molecule has 0 bridgehead atoms. The van der Waals surface area contributed by atoms with E-state index in [4.69, 9.17) is 4.42 Å². The monoisotopic (exact) mass is 857 g/mol. The summed E-state index contributed by atoms with van der Waals surface area (Å²) < 4.78 is 6.54. The number of hydrogen-bond donors (Lipinski definition) is 0. The van der Waals surface area contributed by atoms with Crippen LogP contribution in [0.4, 0.5) is 51.4 Å². The van der Waals surface area contributed by atoms with Crippen LogP contribution in [0, 0.1) is 0 Å². The topological polar surface area (TPSA) is 22.9 Å². The number of furan rings is 1. The lowest BCUT2D eigenvalue weighted by molar-refractivity contribution is 0.574. The Morgan fingerprint density at radius 2 is 0.864 bits per heavy atom. The Labute approximate surface area is 391 Å². The van der Waals surface area contributed by atoms with E-state index in [1.165, 1.54) is 33.1 Å². The second-order valence-electron chi connectivity index (χ2n) is 18.4. The van der Waals surface area contributed by atoms with Crippen LogP contribution in [-0.4, -0.2) is 6.71 Å². The normalized spacial score (nSPS) is 12.1. The maximum Gasteiger partial charge on any atom is 0.247 e. The third-order valence-corrected chi connectivity index (χ3v) is 13.1. The van der Waals surface area contributed by atoms with E-state index in [1.54, 1.807) is 0 Å². The molecule has 0 fully saturated rings. The summed E-state index contributed by atoms with van der Waals surface area (Å²) in [5.74, 6) is 1.81. The summed E-state index contributed by atoms with van der Waals surface area (Å²) >= 11 is 0. The zero-order chi connectivity index (χ0) is 45.3. The van der Waals surface area contributed by atoms with Gasteiger partial charge < -0.3 is 14.2 Å². The fourth-order valence-corrected chi connectivity index (χ4v) is 9.83. The molecule has 5 heteroatoms. The van der Waals surface area contributed by atoms with E-state index in [2.05, 4.69) is 250 Å². The minimum Gasteiger partial charge on any atom is -0.447 e. The highest BCUT2D eigenvalue weighted by atomic mass is 16.3. The summed E-state index contributed by atoms with van der Waals surface area (Å²) in [4.78, 5) is 7.05. The van der Waals surface area contributed by atoms with Gasteiger partial charge in [0.15, 0.2) is 0 Å². The number of fused-ring (bicyclic) bond motifs is 2. The highest BCUT2D eigenvalue weighted by Crippen LogP contribution is 2.44. The van der Waals surface area contributed by atoms with Crippen LogP contribution >= 0.6 is 0 Å². The van der Waals surface area contributed by atoms with Gasteiger partial charge in [0.05, 0.1) is 0 Å². The maximum atomic E-state index is 6.54. The summed E-state index contributed by atoms with van der Waals surface area (Å²) in [6, 6.07) is 74.7. The summed E-state index contributed by atoms with van der Waals surface area (Å²) in [7, 11) is 0. The summed E-state index contributed by atoms with van der Waals surface area (Å²) in [5.41, 5.74) is 19.1. The molecule has 10 rings (SSSR count). The van der Waals surface area contributed by atoms with Gasteiger partial charge in [-0.25, -0.2) is 0 Å². The van der Waals surface area contributed by atoms with Crippen molar-refractivity contribution in [3.63, 3.8) is 0 Å². The van der Waals surface area contributed by atoms with Gasteiger partial charge in [-0.1, -0.05) is 168 Å². The van der Waals surface area contributed by atoms with E-state index >= 15 is 0 Å². The largest absolute Gasteiger partial charge is 0.447 e. The molecule has 9 aromatic rings. The molecule has 1 aromatic heterocycles. The predicted molar refractivity (Wildman–Crippen MR) is 282 cm³/mol. The zero-order valence-electron chi connectivity index (χ0n) is 38.8. The van der Waals surface area contributed by atoms with Gasteiger partial charge in [-0.15, -0.1) is 0 Å². The molecule has 0 N–H and O–H groups in total. The van der Waals surface area contributed by atoms with Gasteiger partial charge in [-0.3, -0.25) is 4.90 Å². The SMILES string of the molecule is CC(C)c1cc(C(C)C)c(B2c3ccc(-c4coc(N(c5ccccc5)c5ccccc5)c4)cc3N(c3ccccc3)c3cc(N(c4ccccc4)c4ccccc4)ccc32)c(C(C)C)c1. The molecule has 0 saturated heterocycles. The minimum absolute atomic E-state index is 0.0254. The van der Waals surface area contributed by atoms with Crippen molar-refractivity contribution in [3.05, 3.63) is 229 Å². The molecule has 2 heterocycles. The van der Waals surface area contributed by atoms with E-state index in [0.717, 1.165) is 62.5 Å². The number of nitrogens with zero attached hydrogens (tertiary/aromatic N) is 3. The van der Waals surface area contributed by atoms with E-state index in [-0.39, 0.29) is 6.71 Å². The maximum absolute atomic E-state index is 6.54. The van der Waals surface area contributed by atoms with Crippen molar-refractivity contribution in [1.29, 1.82) is 0 Å². The van der Waals surface area contributed by atoms with Crippen LogP contribution in [0.25, 0.3) is 11.1 Å². The first-order valence-corrected chi connectivity index (χ1v) is 23.4. The van der Waals surface area contributed by atoms with Crippen molar-refractivity contribution in [2.24, 2.45) is 0 Å². The first-order chi connectivity index (χ1) is 32.2. The second-order valence-corrected chi connectivity index (χ2v) is 18.4. The van der Waals surface area contributed by atoms with E-state index < -0.39 is 0 Å². The van der Waals surface area contributed by atoms with Crippen molar-refractivity contribution >= 4 is 74.5 Å². The molecular weight excluding hydrogens is 802 g/mol. The third-order valence-electron chi connectivity index (χ3n) is 13.1. The number of hydrogen-bond acceptors (Lipinski definition) is 4. The fourth-order valence-electron chi connectivity index (χ4n) is 9.83. The highest BCUT2D eigenvalue weighted by molar-refractivity contribution is 6.98. The first-order valence-electron chi connectivity index (χ1n) is 23.4. The van der Waals surface area contributed by atoms with Crippen LogP contribution in [0.3, 0.4) is 0 Å². The second kappa shape index (κ2) is 18.2. The molecule has 1 aliphatic rings. The van der Waals surface area contributed by atoms with Crippen LogP contribution in [0.15, 0.2) is 217 Å². The zero-order valence-corrected chi connectivity index (χ0v) is 38.8. The third kappa shape index (κ3) is 8.00. The van der Waals surface area contributed by atoms with E-state index in [1.807, 2.05) is 18.4 Å². The van der Waals surface area contributed by atoms with Crippen LogP contribution in [0.2, 0.25) is 0 Å². The molecule has 4 nitrogen and oxygen atoms in total. The van der Waals surface area contributed by atoms with Crippen molar-refractivity contribution in [2.45, 2.75) is 59.3 Å². The van der Waals surface area contributed by atoms with Crippen LogP contribution in [0.5, 0.6) is 0 Å². The Bertz CT molecular complexity index is 2970. The van der Waals surface area contributed by atoms with Crippen molar-refractivity contribution in [1.82, 2.24) is 0 Å². The molecule has 0 radical (unpaired) electrons. The Hall–Kier alpha value is -7.50. The lowest BCUT2D eigenvalue weighted by atomic mass is 9.33. The molecule has 0 spiro atoms. The standard InChI is InChI=1S/C61H56BN3O/c1-42(2)46-36-54(43(3)4)61(55(37-46)44(5)6)62-56-34-32-45(47-39-60(66-41-47)64(50-26-16-9-17-27-50)51-28-18-10-19-29-51)38-58(56)65(52-30-20-11-21-31-52)59-40-53(33-35-57(59)62)63(48-22-12-7-13-23-48)49-24-14-8-15-25-49/h7-44H,1-6H3. The van der Waals surface area contributed by atoms with Crippen molar-refractivity contribution < 1.29 is 4.42 Å². The van der Waals surface area contributed by atoms with E-state index in [9.17, 15) is 0 Å². The Morgan fingerprint density at radius 1 is 0.409 bits per heavy atom. The molecule has 0 saturated carbocycles. The highest BCUT2D eigenvalue weighted by Gasteiger charge is 2.39. The molecule has 0 amide bonds. The molecule has 0 aliphatic carbocycles. The first kappa shape index (κ1) is 42.5. The smallest absolute Gasteiger partial charge is 0.247 e. The number of para-hydroxylation sites is 5. The number of anilines is 9. The van der Waals surface area contributed by atoms with Gasteiger partial charge in [0.1, 0.15) is 6.26 Å². The molecule has 8 aromatic carbocycles. The Morgan fingerprint density at radius 3 is 1.35 bits per heavy atom. The summed E-state index contributed by atoms with van der Waals surface area (Å²) in [6.45, 7) is 14.1. The lowest BCUT2D eigenvalue weighted by Gasteiger charge is -2.40. The van der Waals surface area contributed by atoms with Gasteiger partial charge in [0.2, 0.25) is 12.6 Å². The van der Waals surface area contributed by atoms with Crippen LogP contribution in [0.1, 0.15) is 76.0 Å². The summed E-state index contributed by atoms with van der Waals surface area (Å²) in [5, 5.41) is 0. The number of rotatable bonds is 12.